The fourth-order valence-corrected chi connectivity index (χ4v) is 3.05. The van der Waals surface area contributed by atoms with Crippen LogP contribution in [0.3, 0.4) is 0 Å². The number of primary amides is 1. The number of amides is 2. The van der Waals surface area contributed by atoms with Crippen molar-refractivity contribution in [2.45, 2.75) is 38.1 Å². The third-order valence-electron chi connectivity index (χ3n) is 3.67. The van der Waals surface area contributed by atoms with Gasteiger partial charge in [-0.2, -0.15) is 0 Å². The van der Waals surface area contributed by atoms with E-state index in [2.05, 4.69) is 26.2 Å². The molecule has 1 saturated carbocycles. The number of hydrogen-bond acceptors (Lipinski definition) is 3. The van der Waals surface area contributed by atoms with Gasteiger partial charge in [-0.25, -0.2) is 4.98 Å². The van der Waals surface area contributed by atoms with E-state index < -0.39 is 0 Å². The van der Waals surface area contributed by atoms with Crippen molar-refractivity contribution in [2.75, 3.05) is 0 Å². The number of nitrogens with one attached hydrogen (secondary N) is 1. The fourth-order valence-electron chi connectivity index (χ4n) is 2.61. The van der Waals surface area contributed by atoms with Crippen molar-refractivity contribution >= 4 is 27.7 Å². The molecule has 0 radical (unpaired) electrons. The maximum absolute atomic E-state index is 12.3. The lowest BCUT2D eigenvalue weighted by atomic mass is 9.94. The lowest BCUT2D eigenvalue weighted by molar-refractivity contribution is -0.122. The van der Waals surface area contributed by atoms with Gasteiger partial charge in [-0.3, -0.25) is 9.59 Å². The minimum atomic E-state index is -0.336. The predicted octanol–water partition coefficient (Wildman–Crippen LogP) is 2.01. The van der Waals surface area contributed by atoms with Crippen molar-refractivity contribution in [1.82, 2.24) is 10.3 Å². The molecule has 108 valence electrons. The Bertz CT molecular complexity index is 507. The van der Waals surface area contributed by atoms with Gasteiger partial charge in [0.25, 0.3) is 5.91 Å². The van der Waals surface area contributed by atoms with Crippen LogP contribution >= 0.6 is 15.9 Å². The van der Waals surface area contributed by atoms with E-state index in [1.54, 1.807) is 18.3 Å². The quantitative estimate of drug-likeness (QED) is 0.826. The van der Waals surface area contributed by atoms with Crippen LogP contribution in [0.2, 0.25) is 0 Å². The van der Waals surface area contributed by atoms with Crippen molar-refractivity contribution in [2.24, 2.45) is 11.7 Å². The normalized spacial score (nSPS) is 22.9. The molecule has 2 rings (SSSR count). The van der Waals surface area contributed by atoms with Crippen molar-refractivity contribution < 1.29 is 9.59 Å². The number of aromatic nitrogens is 1. The van der Waals surface area contributed by atoms with Gasteiger partial charge in [-0.15, -0.1) is 0 Å². The molecular weight excluding hydrogens is 322 g/mol. The summed E-state index contributed by atoms with van der Waals surface area (Å²) in [4.78, 5) is 27.9. The zero-order valence-electron chi connectivity index (χ0n) is 11.1. The molecule has 0 saturated heterocycles. The summed E-state index contributed by atoms with van der Waals surface area (Å²) in [5.41, 5.74) is 5.79. The number of carbonyl (C=O) groups is 2. The van der Waals surface area contributed by atoms with Crippen LogP contribution in [0.25, 0.3) is 0 Å². The molecule has 6 heteroatoms. The summed E-state index contributed by atoms with van der Waals surface area (Å²) in [5, 5.41) is 2.92. The first-order valence-electron chi connectivity index (χ1n) is 6.80. The largest absolute Gasteiger partial charge is 0.369 e. The van der Waals surface area contributed by atoms with Gasteiger partial charge in [-0.05, 0) is 40.9 Å². The number of pyridine rings is 1. The van der Waals surface area contributed by atoms with Crippen molar-refractivity contribution in [3.05, 3.63) is 28.5 Å². The van der Waals surface area contributed by atoms with Crippen molar-refractivity contribution in [3.8, 4) is 0 Å². The first-order chi connectivity index (χ1) is 9.59. The van der Waals surface area contributed by atoms with Gasteiger partial charge in [0.05, 0.1) is 5.92 Å². The topological polar surface area (TPSA) is 85.1 Å². The monoisotopic (exact) mass is 339 g/mol. The summed E-state index contributed by atoms with van der Waals surface area (Å²) in [7, 11) is 0. The minimum Gasteiger partial charge on any atom is -0.369 e. The van der Waals surface area contributed by atoms with Gasteiger partial charge in [0, 0.05) is 16.7 Å². The molecule has 20 heavy (non-hydrogen) atoms. The number of halogens is 1. The van der Waals surface area contributed by atoms with Crippen LogP contribution in [0.4, 0.5) is 0 Å². The average Bonchev–Trinajstić information content (AvgIpc) is 2.64. The van der Waals surface area contributed by atoms with Crippen LogP contribution in [0.1, 0.15) is 42.6 Å². The Morgan fingerprint density at radius 2 is 2.05 bits per heavy atom. The van der Waals surface area contributed by atoms with Crippen LogP contribution in [-0.4, -0.2) is 22.8 Å². The number of nitrogens with zero attached hydrogens (tertiary/aromatic N) is 1. The number of hydrogen-bond donors (Lipinski definition) is 2. The number of nitrogens with two attached hydrogens (primary N) is 1. The Labute approximate surface area is 126 Å². The molecule has 1 aromatic rings. The molecular formula is C14H18BrN3O2. The molecule has 1 aromatic heterocycles. The van der Waals surface area contributed by atoms with E-state index in [-0.39, 0.29) is 23.8 Å². The van der Waals surface area contributed by atoms with Gasteiger partial charge >= 0.3 is 0 Å². The SMILES string of the molecule is NC(=O)C1CCCCCC1NC(=O)c1ncccc1Br. The van der Waals surface area contributed by atoms with Crippen LogP contribution < -0.4 is 11.1 Å². The van der Waals surface area contributed by atoms with Crippen LogP contribution in [-0.2, 0) is 4.79 Å². The van der Waals surface area contributed by atoms with Gasteiger partial charge in [-0.1, -0.05) is 19.3 Å². The van der Waals surface area contributed by atoms with E-state index in [1.807, 2.05) is 0 Å². The molecule has 1 aliphatic rings. The first kappa shape index (κ1) is 15.0. The minimum absolute atomic E-state index is 0.198. The second-order valence-corrected chi connectivity index (χ2v) is 5.91. The van der Waals surface area contributed by atoms with Gasteiger partial charge in [0.15, 0.2) is 0 Å². The van der Waals surface area contributed by atoms with E-state index >= 15 is 0 Å². The zero-order chi connectivity index (χ0) is 14.5. The highest BCUT2D eigenvalue weighted by Gasteiger charge is 2.30. The van der Waals surface area contributed by atoms with E-state index in [0.29, 0.717) is 10.2 Å². The third kappa shape index (κ3) is 3.56. The average molecular weight is 340 g/mol. The zero-order valence-corrected chi connectivity index (χ0v) is 12.7. The molecule has 1 fully saturated rings. The standard InChI is InChI=1S/C14H18BrN3O2/c15-10-6-4-8-17-12(10)14(20)18-11-7-3-1-2-5-9(11)13(16)19/h4,6,8-9,11H,1-3,5,7H2,(H2,16,19)(H,18,20). The van der Waals surface area contributed by atoms with E-state index in [9.17, 15) is 9.59 Å². The Kier molecular flexibility index (Phi) is 5.11. The summed E-state index contributed by atoms with van der Waals surface area (Å²) in [6, 6.07) is 3.32. The lowest BCUT2D eigenvalue weighted by Gasteiger charge is -2.23. The summed E-state index contributed by atoms with van der Waals surface area (Å²) < 4.78 is 0.641. The molecule has 2 amide bonds. The summed E-state index contributed by atoms with van der Waals surface area (Å²) in [6.07, 6.45) is 6.14. The molecule has 0 aliphatic heterocycles. The summed E-state index contributed by atoms with van der Waals surface area (Å²) in [6.45, 7) is 0. The van der Waals surface area contributed by atoms with Crippen molar-refractivity contribution in [3.63, 3.8) is 0 Å². The van der Waals surface area contributed by atoms with Gasteiger partial charge in [0.2, 0.25) is 5.91 Å². The van der Waals surface area contributed by atoms with E-state index in [4.69, 9.17) is 5.73 Å². The summed E-state index contributed by atoms with van der Waals surface area (Å²) >= 11 is 3.31. The summed E-state index contributed by atoms with van der Waals surface area (Å²) in [5.74, 6) is -0.892. The fraction of sp³-hybridized carbons (Fsp3) is 0.500. The van der Waals surface area contributed by atoms with Gasteiger partial charge < -0.3 is 11.1 Å². The smallest absolute Gasteiger partial charge is 0.271 e. The number of rotatable bonds is 3. The van der Waals surface area contributed by atoms with E-state index in [1.165, 1.54) is 0 Å². The molecule has 0 aromatic carbocycles. The lowest BCUT2D eigenvalue weighted by Crippen LogP contribution is -2.45. The van der Waals surface area contributed by atoms with Crippen LogP contribution in [0.5, 0.6) is 0 Å². The Hall–Kier alpha value is -1.43. The Balaban J connectivity index is 2.12. The maximum atomic E-state index is 12.3. The molecule has 0 spiro atoms. The molecule has 3 N–H and O–H groups in total. The van der Waals surface area contributed by atoms with Crippen LogP contribution in [0.15, 0.2) is 22.8 Å². The molecule has 5 nitrogen and oxygen atoms in total. The molecule has 1 heterocycles. The third-order valence-corrected chi connectivity index (χ3v) is 4.31. The Morgan fingerprint density at radius 3 is 2.75 bits per heavy atom. The van der Waals surface area contributed by atoms with Crippen molar-refractivity contribution in [1.29, 1.82) is 0 Å². The highest BCUT2D eigenvalue weighted by Crippen LogP contribution is 2.24. The second kappa shape index (κ2) is 6.83. The molecule has 2 atom stereocenters. The van der Waals surface area contributed by atoms with E-state index in [0.717, 1.165) is 32.1 Å². The van der Waals surface area contributed by atoms with Gasteiger partial charge in [0.1, 0.15) is 5.69 Å². The highest BCUT2D eigenvalue weighted by molar-refractivity contribution is 9.10. The maximum Gasteiger partial charge on any atom is 0.271 e. The first-order valence-corrected chi connectivity index (χ1v) is 7.59. The van der Waals surface area contributed by atoms with Crippen LogP contribution in [0, 0.1) is 5.92 Å². The Morgan fingerprint density at radius 1 is 1.30 bits per heavy atom. The predicted molar refractivity (Wildman–Crippen MR) is 79.0 cm³/mol. The molecule has 0 bridgehead atoms. The molecule has 2 unspecified atom stereocenters. The number of carbonyl (C=O) groups excluding carboxylic acids is 2. The molecule has 1 aliphatic carbocycles. The highest BCUT2D eigenvalue weighted by atomic mass is 79.9. The second-order valence-electron chi connectivity index (χ2n) is 5.06.